The fourth-order valence-corrected chi connectivity index (χ4v) is 0.588. The number of hydrogen-bond donors (Lipinski definition) is 2. The van der Waals surface area contributed by atoms with Gasteiger partial charge in [0.25, 0.3) is 0 Å². The van der Waals surface area contributed by atoms with Gasteiger partial charge in [0.1, 0.15) is 0 Å². The third-order valence-corrected chi connectivity index (χ3v) is 1.07. The SMILES string of the molecule is C/C=C/C=C/C(N)CC(=O)O. The summed E-state index contributed by atoms with van der Waals surface area (Å²) in [5.41, 5.74) is 5.41. The highest BCUT2D eigenvalue weighted by Crippen LogP contribution is 1.90. The van der Waals surface area contributed by atoms with Crippen LogP contribution in [0.25, 0.3) is 0 Å². The standard InChI is InChI=1S/C8H13NO2/c1-2-3-4-5-7(9)6-8(10)11/h2-5,7H,6,9H2,1H3,(H,10,11)/b3-2+,5-4+. The first-order valence-electron chi connectivity index (χ1n) is 3.43. The van der Waals surface area contributed by atoms with Gasteiger partial charge in [0.05, 0.1) is 6.42 Å². The van der Waals surface area contributed by atoms with Crippen LogP contribution in [0.5, 0.6) is 0 Å². The Bertz CT molecular complexity index is 173. The average molecular weight is 155 g/mol. The molecule has 11 heavy (non-hydrogen) atoms. The Hall–Kier alpha value is -1.09. The minimum atomic E-state index is -0.873. The number of hydrogen-bond acceptors (Lipinski definition) is 2. The first kappa shape index (κ1) is 9.91. The molecule has 0 radical (unpaired) electrons. The summed E-state index contributed by atoms with van der Waals surface area (Å²) in [7, 11) is 0. The zero-order chi connectivity index (χ0) is 8.69. The summed E-state index contributed by atoms with van der Waals surface area (Å²) in [4.78, 5) is 10.1. The Morgan fingerprint density at radius 1 is 1.64 bits per heavy atom. The zero-order valence-corrected chi connectivity index (χ0v) is 6.53. The molecule has 0 aliphatic carbocycles. The fourth-order valence-electron chi connectivity index (χ4n) is 0.588. The molecule has 0 spiro atoms. The minimum absolute atomic E-state index is 0.0198. The summed E-state index contributed by atoms with van der Waals surface area (Å²) >= 11 is 0. The Kier molecular flexibility index (Phi) is 5.11. The van der Waals surface area contributed by atoms with Crippen molar-refractivity contribution in [2.75, 3.05) is 0 Å². The van der Waals surface area contributed by atoms with Gasteiger partial charge in [-0.15, -0.1) is 0 Å². The maximum Gasteiger partial charge on any atom is 0.305 e. The highest BCUT2D eigenvalue weighted by Gasteiger charge is 2.01. The van der Waals surface area contributed by atoms with Crippen LogP contribution in [-0.4, -0.2) is 17.1 Å². The van der Waals surface area contributed by atoms with Crippen LogP contribution in [0.2, 0.25) is 0 Å². The molecule has 0 aliphatic rings. The van der Waals surface area contributed by atoms with Crippen LogP contribution >= 0.6 is 0 Å². The molecule has 0 fully saturated rings. The second-order valence-corrected chi connectivity index (χ2v) is 2.17. The predicted octanol–water partition coefficient (Wildman–Crippen LogP) is 0.921. The lowest BCUT2D eigenvalue weighted by Crippen LogP contribution is -2.20. The van der Waals surface area contributed by atoms with Crippen molar-refractivity contribution < 1.29 is 9.90 Å². The van der Waals surface area contributed by atoms with Crippen molar-refractivity contribution in [2.45, 2.75) is 19.4 Å². The smallest absolute Gasteiger partial charge is 0.305 e. The first-order chi connectivity index (χ1) is 5.16. The Balaban J connectivity index is 3.67. The van der Waals surface area contributed by atoms with Crippen molar-refractivity contribution >= 4 is 5.97 Å². The molecule has 0 saturated heterocycles. The third-order valence-electron chi connectivity index (χ3n) is 1.07. The first-order valence-corrected chi connectivity index (χ1v) is 3.43. The Morgan fingerprint density at radius 2 is 2.27 bits per heavy atom. The molecule has 62 valence electrons. The molecule has 0 aromatic heterocycles. The molecule has 0 bridgehead atoms. The lowest BCUT2D eigenvalue weighted by molar-refractivity contribution is -0.137. The molecule has 0 aromatic carbocycles. The van der Waals surface area contributed by atoms with Gasteiger partial charge in [0.15, 0.2) is 0 Å². The van der Waals surface area contributed by atoms with E-state index in [9.17, 15) is 4.79 Å². The molecule has 3 nitrogen and oxygen atoms in total. The van der Waals surface area contributed by atoms with E-state index < -0.39 is 5.97 Å². The van der Waals surface area contributed by atoms with Crippen molar-refractivity contribution in [3.05, 3.63) is 24.3 Å². The molecule has 0 aromatic rings. The van der Waals surface area contributed by atoms with Gasteiger partial charge in [-0.2, -0.15) is 0 Å². The molecule has 3 N–H and O–H groups in total. The molecule has 0 amide bonds. The summed E-state index contributed by atoms with van der Waals surface area (Å²) in [6.45, 7) is 1.88. The van der Waals surface area contributed by atoms with E-state index in [0.717, 1.165) is 0 Å². The average Bonchev–Trinajstić information content (AvgIpc) is 1.86. The van der Waals surface area contributed by atoms with Crippen molar-refractivity contribution in [3.63, 3.8) is 0 Å². The lowest BCUT2D eigenvalue weighted by atomic mass is 10.2. The topological polar surface area (TPSA) is 63.3 Å². The van der Waals surface area contributed by atoms with Crippen molar-refractivity contribution in [1.29, 1.82) is 0 Å². The van der Waals surface area contributed by atoms with Gasteiger partial charge in [-0.1, -0.05) is 24.3 Å². The number of carboxylic acid groups (broad SMARTS) is 1. The zero-order valence-electron chi connectivity index (χ0n) is 6.53. The van der Waals surface area contributed by atoms with E-state index in [2.05, 4.69) is 0 Å². The van der Waals surface area contributed by atoms with E-state index in [1.807, 2.05) is 19.1 Å². The lowest BCUT2D eigenvalue weighted by Gasteiger charge is -1.99. The highest BCUT2D eigenvalue weighted by molar-refractivity contribution is 5.67. The van der Waals surface area contributed by atoms with E-state index in [0.29, 0.717) is 0 Å². The monoisotopic (exact) mass is 155 g/mol. The fraction of sp³-hybridized carbons (Fsp3) is 0.375. The normalized spacial score (nSPS) is 14.4. The molecule has 1 atom stereocenters. The van der Waals surface area contributed by atoms with E-state index in [1.54, 1.807) is 12.2 Å². The molecule has 0 rings (SSSR count). The molecular formula is C8H13NO2. The van der Waals surface area contributed by atoms with Crippen LogP contribution in [-0.2, 0) is 4.79 Å². The van der Waals surface area contributed by atoms with Crippen LogP contribution < -0.4 is 5.73 Å². The maximum atomic E-state index is 10.1. The van der Waals surface area contributed by atoms with Crippen LogP contribution in [0.4, 0.5) is 0 Å². The Morgan fingerprint density at radius 3 is 2.73 bits per heavy atom. The van der Waals surface area contributed by atoms with Gasteiger partial charge >= 0.3 is 5.97 Å². The Labute approximate surface area is 66.2 Å². The number of aliphatic carboxylic acids is 1. The van der Waals surface area contributed by atoms with Gasteiger partial charge in [0.2, 0.25) is 0 Å². The van der Waals surface area contributed by atoms with E-state index >= 15 is 0 Å². The van der Waals surface area contributed by atoms with Gasteiger partial charge in [0, 0.05) is 6.04 Å². The molecular weight excluding hydrogens is 142 g/mol. The summed E-state index contributed by atoms with van der Waals surface area (Å²) in [5, 5.41) is 8.31. The second-order valence-electron chi connectivity index (χ2n) is 2.17. The van der Waals surface area contributed by atoms with Crippen LogP contribution in [0.15, 0.2) is 24.3 Å². The predicted molar refractivity (Wildman–Crippen MR) is 44.2 cm³/mol. The molecule has 0 heterocycles. The summed E-state index contributed by atoms with van der Waals surface area (Å²) in [5.74, 6) is -0.873. The molecule has 0 saturated carbocycles. The van der Waals surface area contributed by atoms with Crippen LogP contribution in [0, 0.1) is 0 Å². The van der Waals surface area contributed by atoms with Crippen LogP contribution in [0.3, 0.4) is 0 Å². The molecule has 3 heteroatoms. The summed E-state index contributed by atoms with van der Waals surface area (Å²) < 4.78 is 0. The van der Waals surface area contributed by atoms with E-state index in [1.165, 1.54) is 0 Å². The largest absolute Gasteiger partial charge is 0.481 e. The van der Waals surface area contributed by atoms with E-state index in [-0.39, 0.29) is 12.5 Å². The molecule has 1 unspecified atom stereocenters. The van der Waals surface area contributed by atoms with E-state index in [4.69, 9.17) is 10.8 Å². The minimum Gasteiger partial charge on any atom is -0.481 e. The summed E-state index contributed by atoms with van der Waals surface area (Å²) in [6, 6.07) is -0.385. The third kappa shape index (κ3) is 6.80. The van der Waals surface area contributed by atoms with Gasteiger partial charge < -0.3 is 10.8 Å². The number of carboxylic acids is 1. The van der Waals surface area contributed by atoms with Crippen molar-refractivity contribution in [1.82, 2.24) is 0 Å². The second kappa shape index (κ2) is 5.68. The highest BCUT2D eigenvalue weighted by atomic mass is 16.4. The number of allylic oxidation sites excluding steroid dienone is 3. The summed E-state index contributed by atoms with van der Waals surface area (Å²) in [6.07, 6.45) is 7.04. The number of nitrogens with two attached hydrogens (primary N) is 1. The van der Waals surface area contributed by atoms with Crippen molar-refractivity contribution in [3.8, 4) is 0 Å². The van der Waals surface area contributed by atoms with Gasteiger partial charge in [-0.05, 0) is 6.92 Å². The van der Waals surface area contributed by atoms with Crippen LogP contribution in [0.1, 0.15) is 13.3 Å². The quantitative estimate of drug-likeness (QED) is 0.593. The number of carbonyl (C=O) groups is 1. The number of rotatable bonds is 4. The van der Waals surface area contributed by atoms with Crippen molar-refractivity contribution in [2.24, 2.45) is 5.73 Å². The molecule has 0 aliphatic heterocycles. The maximum absolute atomic E-state index is 10.1. The van der Waals surface area contributed by atoms with Gasteiger partial charge in [-0.3, -0.25) is 4.79 Å². The van der Waals surface area contributed by atoms with Gasteiger partial charge in [-0.25, -0.2) is 0 Å².